The third kappa shape index (κ3) is 52.0. The first-order valence-electron chi connectivity index (χ1n) is 28.0. The lowest BCUT2D eigenvalue weighted by molar-refractivity contribution is -0.161. The van der Waals surface area contributed by atoms with Crippen molar-refractivity contribution < 1.29 is 37.6 Å². The molecule has 0 radical (unpaired) electrons. The van der Waals surface area contributed by atoms with E-state index in [2.05, 4.69) is 26.0 Å². The van der Waals surface area contributed by atoms with Crippen molar-refractivity contribution in [2.24, 2.45) is 0 Å². The van der Waals surface area contributed by atoms with Crippen LogP contribution in [0.15, 0.2) is 12.2 Å². The van der Waals surface area contributed by atoms with Gasteiger partial charge in [-0.05, 0) is 52.6 Å². The van der Waals surface area contributed by atoms with Crippen molar-refractivity contribution in [2.45, 2.75) is 290 Å². The molecule has 9 nitrogen and oxygen atoms in total. The quantitative estimate of drug-likeness (QED) is 0.0276. The van der Waals surface area contributed by atoms with E-state index in [4.69, 9.17) is 18.5 Å². The highest BCUT2D eigenvalue weighted by atomic mass is 31.2. The minimum Gasteiger partial charge on any atom is -0.462 e. The zero-order valence-electron chi connectivity index (χ0n) is 43.5. The third-order valence-corrected chi connectivity index (χ3v) is 13.6. The SMILES string of the molecule is CCCCCCCC/C=C\CCCCCCCCCCCCCC(=O)OC(COC(=O)CCCCCCCCCCCCCCCCCCCCCCC)COP(=O)(O)OCCN(C)C. The number of phosphoric acid groups is 1. The van der Waals surface area contributed by atoms with E-state index in [0.29, 0.717) is 19.4 Å². The van der Waals surface area contributed by atoms with Crippen LogP contribution in [-0.4, -0.2) is 68.3 Å². The van der Waals surface area contributed by atoms with Crippen molar-refractivity contribution in [2.75, 3.05) is 40.5 Å². The standard InChI is InChI=1S/C55H108NO8P/c1-5-7-9-11-13-15-17-19-21-23-25-27-29-31-33-35-37-39-41-43-45-47-54(57)61-51-53(52-63-65(59,60)62-50-49-56(3)4)64-55(58)48-46-44-42-40-38-36-34-32-30-28-26-24-22-20-18-16-14-12-10-8-6-2/h20,22,53H,5-19,21,23-52H2,1-4H3,(H,59,60)/b22-20-. The summed E-state index contributed by atoms with van der Waals surface area (Å²) in [7, 11) is -0.700. The van der Waals surface area contributed by atoms with E-state index in [1.165, 1.54) is 218 Å². The Kier molecular flexibility index (Phi) is 49.6. The lowest BCUT2D eigenvalue weighted by Gasteiger charge is -2.20. The first-order valence-corrected chi connectivity index (χ1v) is 29.5. The van der Waals surface area contributed by atoms with Gasteiger partial charge in [0.25, 0.3) is 0 Å². The van der Waals surface area contributed by atoms with E-state index in [-0.39, 0.29) is 25.6 Å². The van der Waals surface area contributed by atoms with Crippen molar-refractivity contribution in [3.8, 4) is 0 Å². The number of likely N-dealkylation sites (N-methyl/N-ethyl adjacent to an activating group) is 1. The van der Waals surface area contributed by atoms with Crippen LogP contribution in [-0.2, 0) is 32.7 Å². The largest absolute Gasteiger partial charge is 0.472 e. The second-order valence-electron chi connectivity index (χ2n) is 19.5. The van der Waals surface area contributed by atoms with Crippen molar-refractivity contribution in [1.82, 2.24) is 4.90 Å². The molecule has 0 aliphatic heterocycles. The van der Waals surface area contributed by atoms with Crippen molar-refractivity contribution in [3.05, 3.63) is 12.2 Å². The molecule has 0 aliphatic carbocycles. The molecule has 0 spiro atoms. The Balaban J connectivity index is 4.08. The first kappa shape index (κ1) is 63.8. The van der Waals surface area contributed by atoms with Gasteiger partial charge in [-0.15, -0.1) is 0 Å². The second-order valence-corrected chi connectivity index (χ2v) is 20.9. The van der Waals surface area contributed by atoms with Crippen LogP contribution in [0, 0.1) is 0 Å². The van der Waals surface area contributed by atoms with Crippen LogP contribution in [0.25, 0.3) is 0 Å². The van der Waals surface area contributed by atoms with Crippen LogP contribution in [0.2, 0.25) is 0 Å². The Labute approximate surface area is 403 Å². The molecule has 0 aromatic rings. The zero-order valence-corrected chi connectivity index (χ0v) is 44.4. The van der Waals surface area contributed by atoms with Crippen molar-refractivity contribution in [1.29, 1.82) is 0 Å². The van der Waals surface area contributed by atoms with Crippen LogP contribution in [0.5, 0.6) is 0 Å². The van der Waals surface area contributed by atoms with E-state index < -0.39 is 26.5 Å². The van der Waals surface area contributed by atoms with Crippen LogP contribution in [0.1, 0.15) is 284 Å². The molecule has 0 aromatic heterocycles. The fourth-order valence-corrected chi connectivity index (χ4v) is 9.02. The Hall–Kier alpha value is -1.25. The summed E-state index contributed by atoms with van der Waals surface area (Å²) in [4.78, 5) is 37.3. The lowest BCUT2D eigenvalue weighted by atomic mass is 10.0. The predicted octanol–water partition coefficient (Wildman–Crippen LogP) is 17.1. The van der Waals surface area contributed by atoms with Gasteiger partial charge >= 0.3 is 19.8 Å². The summed E-state index contributed by atoms with van der Waals surface area (Å²) >= 11 is 0. The minimum atomic E-state index is -4.37. The number of phosphoric ester groups is 1. The summed E-state index contributed by atoms with van der Waals surface area (Å²) in [6.07, 6.45) is 55.5. The average Bonchev–Trinajstić information content (AvgIpc) is 3.28. The number of allylic oxidation sites excluding steroid dienone is 2. The topological polar surface area (TPSA) is 112 Å². The Bertz CT molecular complexity index is 1090. The minimum absolute atomic E-state index is 0.0111. The maximum absolute atomic E-state index is 12.8. The number of unbranched alkanes of at least 4 members (excludes halogenated alkanes) is 37. The lowest BCUT2D eigenvalue weighted by Crippen LogP contribution is -2.29. The summed E-state index contributed by atoms with van der Waals surface area (Å²) in [5, 5.41) is 0. The molecular formula is C55H108NO8P. The van der Waals surface area contributed by atoms with Crippen LogP contribution in [0.3, 0.4) is 0 Å². The maximum atomic E-state index is 12.8. The van der Waals surface area contributed by atoms with Gasteiger partial charge < -0.3 is 19.3 Å². The number of hydrogen-bond donors (Lipinski definition) is 1. The molecule has 0 rings (SSSR count). The maximum Gasteiger partial charge on any atom is 0.472 e. The van der Waals surface area contributed by atoms with Gasteiger partial charge in [-0.2, -0.15) is 0 Å². The third-order valence-electron chi connectivity index (χ3n) is 12.6. The summed E-state index contributed by atoms with van der Waals surface area (Å²) in [6.45, 7) is 4.39. The number of carbonyl (C=O) groups is 2. The summed E-state index contributed by atoms with van der Waals surface area (Å²) < 4.78 is 33.7. The molecule has 0 fully saturated rings. The van der Waals surface area contributed by atoms with Gasteiger partial charge in [0.15, 0.2) is 6.10 Å². The monoisotopic (exact) mass is 942 g/mol. The average molecular weight is 942 g/mol. The van der Waals surface area contributed by atoms with E-state index in [1.54, 1.807) is 0 Å². The van der Waals surface area contributed by atoms with Gasteiger partial charge in [-0.1, -0.05) is 244 Å². The number of carbonyl (C=O) groups excluding carboxylic acids is 2. The number of rotatable bonds is 53. The molecule has 0 bridgehead atoms. The highest BCUT2D eigenvalue weighted by molar-refractivity contribution is 7.47. The molecule has 0 aliphatic rings. The van der Waals surface area contributed by atoms with Crippen molar-refractivity contribution >= 4 is 19.8 Å². The summed E-state index contributed by atoms with van der Waals surface area (Å²) in [6, 6.07) is 0. The fourth-order valence-electron chi connectivity index (χ4n) is 8.27. The highest BCUT2D eigenvalue weighted by Crippen LogP contribution is 2.43. The normalized spacial score (nSPS) is 13.2. The molecule has 10 heteroatoms. The number of ether oxygens (including phenoxy) is 2. The number of hydrogen-bond acceptors (Lipinski definition) is 8. The van der Waals surface area contributed by atoms with Crippen LogP contribution in [0.4, 0.5) is 0 Å². The van der Waals surface area contributed by atoms with Gasteiger partial charge in [-0.25, -0.2) is 4.57 Å². The zero-order chi connectivity index (χ0) is 47.6. The highest BCUT2D eigenvalue weighted by Gasteiger charge is 2.26. The van der Waals surface area contributed by atoms with Gasteiger partial charge in [0, 0.05) is 19.4 Å². The van der Waals surface area contributed by atoms with Crippen LogP contribution >= 0.6 is 7.82 Å². The molecule has 0 amide bonds. The molecular weight excluding hydrogens is 834 g/mol. The number of esters is 2. The Morgan fingerprint density at radius 1 is 0.462 bits per heavy atom. The molecule has 1 N–H and O–H groups in total. The smallest absolute Gasteiger partial charge is 0.462 e. The molecule has 0 heterocycles. The van der Waals surface area contributed by atoms with Gasteiger partial charge in [-0.3, -0.25) is 18.6 Å². The molecule has 386 valence electrons. The second kappa shape index (κ2) is 50.6. The van der Waals surface area contributed by atoms with Gasteiger partial charge in [0.2, 0.25) is 0 Å². The summed E-state index contributed by atoms with van der Waals surface area (Å²) in [5.74, 6) is -0.784. The van der Waals surface area contributed by atoms with E-state index >= 15 is 0 Å². The van der Waals surface area contributed by atoms with Gasteiger partial charge in [0.05, 0.1) is 13.2 Å². The van der Waals surface area contributed by atoms with E-state index in [9.17, 15) is 19.0 Å². The van der Waals surface area contributed by atoms with Crippen LogP contribution < -0.4 is 0 Å². The first-order chi connectivity index (χ1) is 31.7. The number of nitrogens with zero attached hydrogens (tertiary/aromatic N) is 1. The van der Waals surface area contributed by atoms with E-state index in [0.717, 1.165) is 32.1 Å². The molecule has 0 saturated carbocycles. The molecule has 2 unspecified atom stereocenters. The Morgan fingerprint density at radius 2 is 0.785 bits per heavy atom. The summed E-state index contributed by atoms with van der Waals surface area (Å²) in [5.41, 5.74) is 0. The van der Waals surface area contributed by atoms with Crippen molar-refractivity contribution in [3.63, 3.8) is 0 Å². The molecule has 2 atom stereocenters. The molecule has 65 heavy (non-hydrogen) atoms. The van der Waals surface area contributed by atoms with Gasteiger partial charge in [0.1, 0.15) is 6.61 Å². The predicted molar refractivity (Wildman–Crippen MR) is 276 cm³/mol. The Morgan fingerprint density at radius 3 is 1.14 bits per heavy atom. The fraction of sp³-hybridized carbons (Fsp3) is 0.927. The van der Waals surface area contributed by atoms with E-state index in [1.807, 2.05) is 19.0 Å². The molecule has 0 saturated heterocycles. The molecule has 0 aromatic carbocycles.